The van der Waals surface area contributed by atoms with E-state index in [0.717, 1.165) is 0 Å². The fourth-order valence-corrected chi connectivity index (χ4v) is 1.21. The monoisotopic (exact) mass is 193 g/mol. The maximum Gasteiger partial charge on any atom is 0.203 e. The second-order valence-electron chi connectivity index (χ2n) is 3.19. The molecule has 14 heavy (non-hydrogen) atoms. The predicted molar refractivity (Wildman–Crippen MR) is 51.7 cm³/mol. The molecule has 0 fully saturated rings. The van der Waals surface area contributed by atoms with Crippen LogP contribution in [0.25, 0.3) is 0 Å². The Morgan fingerprint density at radius 3 is 1.71 bits per heavy atom. The highest BCUT2D eigenvalue weighted by Gasteiger charge is 2.12. The van der Waals surface area contributed by atoms with Gasteiger partial charge >= 0.3 is 0 Å². The number of carbonyl (C=O) groups excluding carboxylic acids is 2. The quantitative estimate of drug-likeness (QED) is 0.652. The number of carbonyl (C=O) groups is 2. The third-order valence-corrected chi connectivity index (χ3v) is 1.91. The van der Waals surface area contributed by atoms with Crippen molar-refractivity contribution in [3.8, 4) is 0 Å². The van der Waals surface area contributed by atoms with Crippen LogP contribution in [0, 0.1) is 0 Å². The van der Waals surface area contributed by atoms with Gasteiger partial charge in [0.05, 0.1) is 11.1 Å². The number of nitrogens with zero attached hydrogens (tertiary/aromatic N) is 1. The summed E-state index contributed by atoms with van der Waals surface area (Å²) in [5.74, 6) is -0.651. The highest BCUT2D eigenvalue weighted by molar-refractivity contribution is 5.98. The fraction of sp³-hybridized carbons (Fsp3) is 0.300. The van der Waals surface area contributed by atoms with Gasteiger partial charge in [0.25, 0.3) is 0 Å². The van der Waals surface area contributed by atoms with E-state index < -0.39 is 5.43 Å². The lowest BCUT2D eigenvalue weighted by Crippen LogP contribution is -2.22. The van der Waals surface area contributed by atoms with Gasteiger partial charge in [0.2, 0.25) is 5.43 Å². The van der Waals surface area contributed by atoms with Gasteiger partial charge in [0.15, 0.2) is 11.6 Å². The lowest BCUT2D eigenvalue weighted by atomic mass is 10.1. The first kappa shape index (κ1) is 10.4. The van der Waals surface area contributed by atoms with E-state index in [1.165, 1.54) is 30.8 Å². The van der Waals surface area contributed by atoms with Crippen LogP contribution >= 0.6 is 0 Å². The smallest absolute Gasteiger partial charge is 0.203 e. The molecule has 1 heterocycles. The van der Waals surface area contributed by atoms with Gasteiger partial charge in [0, 0.05) is 19.4 Å². The Labute approximate surface area is 81.2 Å². The Morgan fingerprint density at radius 1 is 1.07 bits per heavy atom. The first-order valence-electron chi connectivity index (χ1n) is 4.15. The van der Waals surface area contributed by atoms with E-state index in [-0.39, 0.29) is 22.7 Å². The van der Waals surface area contributed by atoms with Crippen LogP contribution in [0.15, 0.2) is 17.2 Å². The van der Waals surface area contributed by atoms with E-state index in [4.69, 9.17) is 0 Å². The molecule has 74 valence electrons. The number of aryl methyl sites for hydroxylation is 1. The molecule has 0 atom stereocenters. The summed E-state index contributed by atoms with van der Waals surface area (Å²) >= 11 is 0. The maximum absolute atomic E-state index is 11.5. The lowest BCUT2D eigenvalue weighted by Gasteiger charge is -2.03. The van der Waals surface area contributed by atoms with Crippen LogP contribution in [-0.2, 0) is 7.05 Å². The summed E-state index contributed by atoms with van der Waals surface area (Å²) in [5, 5.41) is 0. The molecule has 1 aromatic rings. The standard InChI is InChI=1S/C10H11NO3/c1-6(12)8-4-11(3)5-9(7(2)13)10(8)14/h4-5H,1-3H3. The molecule has 0 saturated carbocycles. The number of pyridine rings is 1. The van der Waals surface area contributed by atoms with E-state index in [1.807, 2.05) is 0 Å². The zero-order valence-corrected chi connectivity index (χ0v) is 8.33. The van der Waals surface area contributed by atoms with Gasteiger partial charge in [-0.25, -0.2) is 0 Å². The van der Waals surface area contributed by atoms with Crippen LogP contribution in [0.2, 0.25) is 0 Å². The number of aromatic nitrogens is 1. The highest BCUT2D eigenvalue weighted by Crippen LogP contribution is 1.98. The molecule has 0 saturated heterocycles. The van der Waals surface area contributed by atoms with Gasteiger partial charge in [-0.15, -0.1) is 0 Å². The second kappa shape index (κ2) is 3.57. The van der Waals surface area contributed by atoms with Crippen molar-refractivity contribution in [3.63, 3.8) is 0 Å². The van der Waals surface area contributed by atoms with E-state index in [9.17, 15) is 14.4 Å². The van der Waals surface area contributed by atoms with Crippen molar-refractivity contribution in [2.75, 3.05) is 0 Å². The minimum absolute atomic E-state index is 0.0557. The molecule has 0 spiro atoms. The normalized spacial score (nSPS) is 9.93. The number of ketones is 2. The van der Waals surface area contributed by atoms with E-state index in [2.05, 4.69) is 0 Å². The van der Waals surface area contributed by atoms with Crippen LogP contribution in [0.1, 0.15) is 34.6 Å². The zero-order chi connectivity index (χ0) is 10.9. The van der Waals surface area contributed by atoms with E-state index >= 15 is 0 Å². The average molecular weight is 193 g/mol. The molecule has 0 aliphatic rings. The first-order valence-corrected chi connectivity index (χ1v) is 4.15. The van der Waals surface area contributed by atoms with Crippen molar-refractivity contribution in [3.05, 3.63) is 33.7 Å². The van der Waals surface area contributed by atoms with Crippen molar-refractivity contribution in [1.29, 1.82) is 0 Å². The molecule has 0 aliphatic carbocycles. The van der Waals surface area contributed by atoms with Gasteiger partial charge in [-0.2, -0.15) is 0 Å². The Balaban J connectivity index is 3.56. The van der Waals surface area contributed by atoms with Crippen LogP contribution in [0.5, 0.6) is 0 Å². The number of hydrogen-bond donors (Lipinski definition) is 0. The molecule has 0 amide bonds. The number of hydrogen-bond acceptors (Lipinski definition) is 3. The molecule has 0 radical (unpaired) electrons. The Bertz CT molecular complexity index is 419. The van der Waals surface area contributed by atoms with E-state index in [1.54, 1.807) is 7.05 Å². The molecule has 0 unspecified atom stereocenters. The van der Waals surface area contributed by atoms with Crippen LogP contribution in [0.4, 0.5) is 0 Å². The van der Waals surface area contributed by atoms with Crippen LogP contribution in [0.3, 0.4) is 0 Å². The first-order chi connectivity index (χ1) is 6.43. The number of Topliss-reactive ketones (excluding diaryl/α,β-unsaturated/α-hetero) is 2. The summed E-state index contributed by atoms with van der Waals surface area (Å²) in [4.78, 5) is 33.7. The van der Waals surface area contributed by atoms with Gasteiger partial charge in [-0.1, -0.05) is 0 Å². The Hall–Kier alpha value is -1.71. The molecular weight excluding hydrogens is 182 g/mol. The summed E-state index contributed by atoms with van der Waals surface area (Å²) in [6.07, 6.45) is 2.86. The van der Waals surface area contributed by atoms with Gasteiger partial charge in [-0.05, 0) is 13.8 Å². The molecule has 0 bridgehead atoms. The molecule has 0 N–H and O–H groups in total. The lowest BCUT2D eigenvalue weighted by molar-refractivity contribution is 0.101. The highest BCUT2D eigenvalue weighted by atomic mass is 16.1. The molecular formula is C10H11NO3. The minimum Gasteiger partial charge on any atom is -0.356 e. The van der Waals surface area contributed by atoms with Gasteiger partial charge in [0.1, 0.15) is 0 Å². The third kappa shape index (κ3) is 1.79. The summed E-state index contributed by atoms with van der Waals surface area (Å²) < 4.78 is 1.54. The van der Waals surface area contributed by atoms with Gasteiger partial charge in [-0.3, -0.25) is 14.4 Å². The number of rotatable bonds is 2. The molecule has 1 aromatic heterocycles. The van der Waals surface area contributed by atoms with Crippen molar-refractivity contribution >= 4 is 11.6 Å². The third-order valence-electron chi connectivity index (χ3n) is 1.91. The maximum atomic E-state index is 11.5. The molecule has 4 heteroatoms. The molecule has 4 nitrogen and oxygen atoms in total. The van der Waals surface area contributed by atoms with Crippen LogP contribution < -0.4 is 5.43 Å². The molecule has 0 aromatic carbocycles. The van der Waals surface area contributed by atoms with Crippen molar-refractivity contribution in [2.45, 2.75) is 13.8 Å². The molecule has 1 rings (SSSR count). The SMILES string of the molecule is CC(=O)c1cn(C)cc(C(C)=O)c1=O. The summed E-state index contributed by atoms with van der Waals surface area (Å²) in [6.45, 7) is 2.61. The Morgan fingerprint density at radius 2 is 1.43 bits per heavy atom. The van der Waals surface area contributed by atoms with Crippen LogP contribution in [-0.4, -0.2) is 16.1 Å². The van der Waals surface area contributed by atoms with E-state index in [0.29, 0.717) is 0 Å². The Kier molecular flexibility index (Phi) is 2.65. The minimum atomic E-state index is -0.483. The largest absolute Gasteiger partial charge is 0.356 e. The average Bonchev–Trinajstić information content (AvgIpc) is 2.07. The molecule has 0 aliphatic heterocycles. The van der Waals surface area contributed by atoms with Gasteiger partial charge < -0.3 is 4.57 Å². The summed E-state index contributed by atoms with van der Waals surface area (Å²) in [6, 6.07) is 0. The predicted octanol–water partition coefficient (Wildman–Crippen LogP) is 0.790. The summed E-state index contributed by atoms with van der Waals surface area (Å²) in [7, 11) is 1.66. The topological polar surface area (TPSA) is 56.1 Å². The summed E-state index contributed by atoms with van der Waals surface area (Å²) in [5.41, 5.74) is -0.372. The zero-order valence-electron chi connectivity index (χ0n) is 8.33. The van der Waals surface area contributed by atoms with Crippen molar-refractivity contribution in [1.82, 2.24) is 4.57 Å². The van der Waals surface area contributed by atoms with Crippen molar-refractivity contribution < 1.29 is 9.59 Å². The van der Waals surface area contributed by atoms with Crippen molar-refractivity contribution in [2.24, 2.45) is 7.05 Å². The second-order valence-corrected chi connectivity index (χ2v) is 3.19. The fourth-order valence-electron chi connectivity index (χ4n) is 1.21.